The van der Waals surface area contributed by atoms with Crippen molar-refractivity contribution in [3.8, 4) is 0 Å². The van der Waals surface area contributed by atoms with Crippen molar-refractivity contribution in [2.24, 2.45) is 0 Å². The van der Waals surface area contributed by atoms with Crippen molar-refractivity contribution in [2.45, 2.75) is 33.2 Å². The van der Waals surface area contributed by atoms with Gasteiger partial charge in [-0.25, -0.2) is 0 Å². The molecule has 20 heavy (non-hydrogen) atoms. The summed E-state index contributed by atoms with van der Waals surface area (Å²) in [6.07, 6.45) is 0.871. The quantitative estimate of drug-likeness (QED) is 0.743. The van der Waals surface area contributed by atoms with E-state index in [2.05, 4.69) is 16.0 Å². The van der Waals surface area contributed by atoms with Gasteiger partial charge in [0.05, 0.1) is 0 Å². The molecule has 1 atom stereocenters. The Labute approximate surface area is 124 Å². The summed E-state index contributed by atoms with van der Waals surface area (Å²) in [6.45, 7) is 5.34. The van der Waals surface area contributed by atoms with Gasteiger partial charge in [-0.3, -0.25) is 9.59 Å². The van der Waals surface area contributed by atoms with Gasteiger partial charge >= 0.3 is 0 Å². The number of carbonyl (C=O) groups is 2. The summed E-state index contributed by atoms with van der Waals surface area (Å²) in [5.41, 5.74) is 1.20. The first-order valence-corrected chi connectivity index (χ1v) is 6.82. The molecular formula is C14H19N3O2S. The zero-order valence-electron chi connectivity index (χ0n) is 11.8. The second-order valence-corrected chi connectivity index (χ2v) is 4.91. The van der Waals surface area contributed by atoms with E-state index in [4.69, 9.17) is 12.2 Å². The number of carbonyl (C=O) groups excluding carboxylic acids is 2. The maximum atomic E-state index is 12.0. The van der Waals surface area contributed by atoms with E-state index < -0.39 is 0 Å². The van der Waals surface area contributed by atoms with E-state index in [-0.39, 0.29) is 23.0 Å². The van der Waals surface area contributed by atoms with Crippen molar-refractivity contribution in [1.29, 1.82) is 0 Å². The van der Waals surface area contributed by atoms with Gasteiger partial charge in [-0.2, -0.15) is 0 Å². The van der Waals surface area contributed by atoms with Crippen LogP contribution in [-0.4, -0.2) is 23.0 Å². The maximum absolute atomic E-state index is 12.0. The van der Waals surface area contributed by atoms with Crippen LogP contribution in [0, 0.1) is 0 Å². The Morgan fingerprint density at radius 1 is 1.35 bits per heavy atom. The van der Waals surface area contributed by atoms with E-state index in [1.54, 1.807) is 24.3 Å². The fourth-order valence-corrected chi connectivity index (χ4v) is 1.73. The molecule has 0 bridgehead atoms. The normalized spacial score (nSPS) is 11.3. The number of amides is 2. The highest BCUT2D eigenvalue weighted by Gasteiger charge is 2.09. The first-order valence-electron chi connectivity index (χ1n) is 6.42. The molecule has 6 heteroatoms. The van der Waals surface area contributed by atoms with Crippen LogP contribution >= 0.6 is 12.2 Å². The summed E-state index contributed by atoms with van der Waals surface area (Å²) in [5, 5.41) is 8.41. The molecule has 1 rings (SSSR count). The van der Waals surface area contributed by atoms with Gasteiger partial charge in [0.15, 0.2) is 5.11 Å². The average molecular weight is 293 g/mol. The smallest absolute Gasteiger partial charge is 0.251 e. The number of hydrogen-bond acceptors (Lipinski definition) is 3. The van der Waals surface area contributed by atoms with E-state index >= 15 is 0 Å². The molecule has 1 aromatic carbocycles. The zero-order chi connectivity index (χ0) is 15.1. The maximum Gasteiger partial charge on any atom is 0.251 e. The largest absolute Gasteiger partial charge is 0.350 e. The van der Waals surface area contributed by atoms with Gasteiger partial charge < -0.3 is 16.0 Å². The Morgan fingerprint density at radius 2 is 2.05 bits per heavy atom. The first kappa shape index (κ1) is 16.1. The minimum Gasteiger partial charge on any atom is -0.350 e. The molecule has 1 unspecified atom stereocenters. The highest BCUT2D eigenvalue weighted by Crippen LogP contribution is 2.11. The molecule has 0 saturated heterocycles. The third-order valence-corrected chi connectivity index (χ3v) is 2.87. The van der Waals surface area contributed by atoms with Crippen LogP contribution in [0.25, 0.3) is 0 Å². The summed E-state index contributed by atoms with van der Waals surface area (Å²) in [6, 6.07) is 7.06. The van der Waals surface area contributed by atoms with Crippen LogP contribution in [0.1, 0.15) is 37.6 Å². The van der Waals surface area contributed by atoms with Crippen LogP contribution in [0.2, 0.25) is 0 Å². The number of hydrogen-bond donors (Lipinski definition) is 3. The lowest BCUT2D eigenvalue weighted by molar-refractivity contribution is -0.117. The molecule has 0 aromatic heterocycles. The number of rotatable bonds is 4. The molecule has 0 saturated carbocycles. The molecule has 3 N–H and O–H groups in total. The van der Waals surface area contributed by atoms with Crippen molar-refractivity contribution >= 4 is 34.8 Å². The van der Waals surface area contributed by atoms with Gasteiger partial charge in [0.2, 0.25) is 5.91 Å². The molecule has 1 aromatic rings. The third-order valence-electron chi connectivity index (χ3n) is 2.66. The highest BCUT2D eigenvalue weighted by molar-refractivity contribution is 7.80. The van der Waals surface area contributed by atoms with E-state index in [0.29, 0.717) is 11.3 Å². The second kappa shape index (κ2) is 7.59. The van der Waals surface area contributed by atoms with Gasteiger partial charge in [0, 0.05) is 24.2 Å². The SMILES string of the molecule is CCC(C)NC(=O)c1cccc(NC(=S)NC(C)=O)c1. The van der Waals surface area contributed by atoms with Gasteiger partial charge in [-0.15, -0.1) is 0 Å². The van der Waals surface area contributed by atoms with Crippen LogP contribution in [0.15, 0.2) is 24.3 Å². The van der Waals surface area contributed by atoms with Crippen LogP contribution in [-0.2, 0) is 4.79 Å². The van der Waals surface area contributed by atoms with Crippen molar-refractivity contribution in [1.82, 2.24) is 10.6 Å². The molecule has 2 amide bonds. The lowest BCUT2D eigenvalue weighted by Crippen LogP contribution is -2.33. The minimum atomic E-state index is -0.242. The molecule has 0 radical (unpaired) electrons. The van der Waals surface area contributed by atoms with Crippen molar-refractivity contribution in [2.75, 3.05) is 5.32 Å². The van der Waals surface area contributed by atoms with Crippen LogP contribution < -0.4 is 16.0 Å². The predicted octanol–water partition coefficient (Wildman–Crippen LogP) is 2.05. The Hall–Kier alpha value is -1.95. The Bertz CT molecular complexity index is 517. The summed E-state index contributed by atoms with van der Waals surface area (Å²) >= 11 is 4.97. The lowest BCUT2D eigenvalue weighted by Gasteiger charge is -2.13. The summed E-state index contributed by atoms with van der Waals surface area (Å²) in [5.74, 6) is -0.374. The van der Waals surface area contributed by atoms with Gasteiger partial charge in [-0.05, 0) is 43.8 Å². The van der Waals surface area contributed by atoms with E-state index in [0.717, 1.165) is 6.42 Å². The number of thiocarbonyl (C=S) groups is 1. The molecule has 0 fully saturated rings. The number of anilines is 1. The van der Waals surface area contributed by atoms with Crippen LogP contribution in [0.4, 0.5) is 5.69 Å². The third kappa shape index (κ3) is 5.36. The second-order valence-electron chi connectivity index (χ2n) is 4.50. The predicted molar refractivity (Wildman–Crippen MR) is 83.7 cm³/mol. The van der Waals surface area contributed by atoms with E-state index in [1.165, 1.54) is 6.92 Å². The van der Waals surface area contributed by atoms with E-state index in [1.807, 2.05) is 13.8 Å². The van der Waals surface area contributed by atoms with Crippen molar-refractivity contribution in [3.05, 3.63) is 29.8 Å². The van der Waals surface area contributed by atoms with Crippen molar-refractivity contribution < 1.29 is 9.59 Å². The molecule has 0 aliphatic rings. The minimum absolute atomic E-state index is 0.125. The average Bonchev–Trinajstić information content (AvgIpc) is 2.37. The number of benzene rings is 1. The van der Waals surface area contributed by atoms with Gasteiger partial charge in [-0.1, -0.05) is 13.0 Å². The fourth-order valence-electron chi connectivity index (χ4n) is 1.47. The molecule has 5 nitrogen and oxygen atoms in total. The topological polar surface area (TPSA) is 70.2 Å². The van der Waals surface area contributed by atoms with Gasteiger partial charge in [0.25, 0.3) is 5.91 Å². The molecular weight excluding hydrogens is 274 g/mol. The summed E-state index contributed by atoms with van der Waals surface area (Å²) < 4.78 is 0. The lowest BCUT2D eigenvalue weighted by atomic mass is 10.1. The molecule has 108 valence electrons. The molecule has 0 aliphatic carbocycles. The molecule has 0 spiro atoms. The molecule has 0 aliphatic heterocycles. The summed E-state index contributed by atoms with van der Waals surface area (Å²) in [4.78, 5) is 22.9. The van der Waals surface area contributed by atoms with E-state index in [9.17, 15) is 9.59 Å². The Kier molecular flexibility index (Phi) is 6.11. The number of nitrogens with one attached hydrogen (secondary N) is 3. The Morgan fingerprint density at radius 3 is 2.65 bits per heavy atom. The molecule has 0 heterocycles. The summed E-state index contributed by atoms with van der Waals surface area (Å²) in [7, 11) is 0. The highest BCUT2D eigenvalue weighted by atomic mass is 32.1. The van der Waals surface area contributed by atoms with Gasteiger partial charge in [0.1, 0.15) is 0 Å². The standard InChI is InChI=1S/C14H19N3O2S/c1-4-9(2)15-13(19)11-6-5-7-12(8-11)17-14(20)16-10(3)18/h5-9H,4H2,1-3H3,(H,15,19)(H2,16,17,18,20). The van der Waals surface area contributed by atoms with Crippen LogP contribution in [0.5, 0.6) is 0 Å². The zero-order valence-corrected chi connectivity index (χ0v) is 12.6. The Balaban J connectivity index is 2.72. The first-order chi connectivity index (χ1) is 9.42. The monoisotopic (exact) mass is 293 g/mol. The fraction of sp³-hybridized carbons (Fsp3) is 0.357. The van der Waals surface area contributed by atoms with Crippen molar-refractivity contribution in [3.63, 3.8) is 0 Å². The van der Waals surface area contributed by atoms with Crippen LogP contribution in [0.3, 0.4) is 0 Å².